The molecule has 5 aliphatic heterocycles. The lowest BCUT2D eigenvalue weighted by molar-refractivity contribution is -0.315. The van der Waals surface area contributed by atoms with Crippen LogP contribution >= 0.6 is 0 Å². The Kier molecular flexibility index (Phi) is 20.9. The van der Waals surface area contributed by atoms with Gasteiger partial charge in [-0.25, -0.2) is 18.7 Å². The number of hydrogen-bond acceptors (Lipinski definition) is 21. The Bertz CT molecular complexity index is 2380. The molecule has 19 atom stereocenters. The third-order valence-corrected chi connectivity index (χ3v) is 16.9. The Balaban J connectivity index is 1.02. The molecule has 5 saturated heterocycles. The number of likely N-dealkylation sites (N-methyl/N-ethyl adjacent to an activating group) is 1. The molecule has 2 amide bonds. The summed E-state index contributed by atoms with van der Waals surface area (Å²) in [6, 6.07) is 3.08. The largest absolute Gasteiger partial charge is 0.459 e. The first-order valence-electron chi connectivity index (χ1n) is 28.2. The maximum absolute atomic E-state index is 15.2. The predicted octanol–water partition coefficient (Wildman–Crippen LogP) is 2.90. The molecule has 0 aliphatic carbocycles. The van der Waals surface area contributed by atoms with Gasteiger partial charge < -0.3 is 83.3 Å². The van der Waals surface area contributed by atoms with Crippen molar-refractivity contribution in [2.24, 2.45) is 17.8 Å². The molecule has 0 radical (unpaired) electrons. The summed E-state index contributed by atoms with van der Waals surface area (Å²) in [6.45, 7) is 19.6. The van der Waals surface area contributed by atoms with Gasteiger partial charge in [-0.15, -0.1) is 5.10 Å². The Morgan fingerprint density at radius 2 is 1.66 bits per heavy atom. The summed E-state index contributed by atoms with van der Waals surface area (Å²) in [4.78, 5) is 45.9. The number of benzene rings is 1. The van der Waals surface area contributed by atoms with Crippen LogP contribution in [-0.2, 0) is 60.4 Å². The number of esters is 1. The van der Waals surface area contributed by atoms with Crippen LogP contribution in [-0.4, -0.2) is 220 Å². The third-order valence-electron chi connectivity index (χ3n) is 16.9. The number of nitrogens with zero attached hydrogens (tertiary/aromatic N) is 6. The van der Waals surface area contributed by atoms with Crippen molar-refractivity contribution in [3.8, 4) is 0 Å². The number of alkyl carbamates (subject to hydrolysis) is 1. The standard InChI is InChI=1S/C55H88FN7O17/c1-13-42-55(10,71)46(65)34(6)60(11)26-30(2)24-53(8,70)48(32(4)45(33(5)49(67)78-42)79-43-25-54(9,72-12)47(66)35(7)76-43)80-50-44(64)40(22-31(3)75-50)57-51(68)74-19-16-36-27-62(59-58-36)28-38-29-63(52(69)77-38)37-14-15-41(39(56)23-37)61-17-20-73-21-18-61/h14-15,23,27,30-35,38,40,42-48,50,64-66,70-71H,13,16-22,24-26,28-29H2,1-12H3,(H,57,68)/t30-,31-,32+,33-,34-,35+,38?,40+,42-,43+,44-,45+,46-,47+,48-,50+,53-,54-,55-/m1/s1. The van der Waals surface area contributed by atoms with Crippen molar-refractivity contribution in [2.45, 2.75) is 204 Å². The predicted molar refractivity (Wildman–Crippen MR) is 286 cm³/mol. The lowest BCUT2D eigenvalue weighted by Crippen LogP contribution is -2.61. The van der Waals surface area contributed by atoms with Gasteiger partial charge in [-0.05, 0) is 98.9 Å². The highest BCUT2D eigenvalue weighted by atomic mass is 19.1. The number of rotatable bonds is 14. The highest BCUT2D eigenvalue weighted by Crippen LogP contribution is 2.40. The topological polar surface area (TPSA) is 288 Å². The van der Waals surface area contributed by atoms with Crippen molar-refractivity contribution in [2.75, 3.05) is 70.0 Å². The lowest BCUT2D eigenvalue weighted by Gasteiger charge is -2.48. The van der Waals surface area contributed by atoms with Crippen LogP contribution in [0.1, 0.15) is 101 Å². The minimum atomic E-state index is -1.88. The van der Waals surface area contributed by atoms with Crippen LogP contribution in [0.4, 0.5) is 25.4 Å². The average molecular weight is 1140 g/mol. The Hall–Kier alpha value is -4.38. The SMILES string of the molecule is CC[C@H]1OC(=O)[C@H](C)[C@@H](O[C@H]2C[C@@](C)(OC)[C@@H](O)[C@H](C)O2)[C@H](C)[C@@H](O[C@@H]2O[C@H](C)C[C@H](NC(=O)OCCc3cn(CC4CN(c5ccc(N6CCOCC6)c(F)c5)C(=O)O4)nn3)[C@H]2O)[C@](C)(O)C[C@@H](C)CN(C)[C@H](C)[C@@H](O)[C@]1(C)O. The molecule has 6 heterocycles. The third kappa shape index (κ3) is 14.7. The van der Waals surface area contributed by atoms with Gasteiger partial charge in [0.05, 0.1) is 97.6 Å². The first-order chi connectivity index (χ1) is 37.7. The zero-order valence-electron chi connectivity index (χ0n) is 48.4. The number of aromatic nitrogens is 3. The van der Waals surface area contributed by atoms with Gasteiger partial charge in [0, 0.05) is 57.7 Å². The first kappa shape index (κ1) is 63.2. The van der Waals surface area contributed by atoms with Gasteiger partial charge in [-0.2, -0.15) is 0 Å². The van der Waals surface area contributed by atoms with Gasteiger partial charge in [0.25, 0.3) is 0 Å². The summed E-state index contributed by atoms with van der Waals surface area (Å²) in [6.07, 6.45) is -11.1. The quantitative estimate of drug-likeness (QED) is 0.117. The summed E-state index contributed by atoms with van der Waals surface area (Å²) in [5.41, 5.74) is -3.44. The molecule has 24 nitrogen and oxygen atoms in total. The number of anilines is 2. The van der Waals surface area contributed by atoms with Crippen molar-refractivity contribution in [1.82, 2.24) is 25.2 Å². The van der Waals surface area contributed by atoms with Gasteiger partial charge in [0.15, 0.2) is 12.6 Å². The lowest BCUT2D eigenvalue weighted by atomic mass is 9.77. The zero-order chi connectivity index (χ0) is 58.6. The van der Waals surface area contributed by atoms with Crippen molar-refractivity contribution >= 4 is 29.5 Å². The number of aliphatic hydroxyl groups excluding tert-OH is 3. The number of ether oxygens (including phenoxy) is 9. The van der Waals surface area contributed by atoms with E-state index in [-0.39, 0.29) is 57.7 Å². The number of carbonyl (C=O) groups is 3. The van der Waals surface area contributed by atoms with Crippen molar-refractivity contribution < 1.29 is 86.9 Å². The second-order valence-corrected chi connectivity index (χ2v) is 23.6. The average Bonchev–Trinajstić information content (AvgIpc) is 4.11. The van der Waals surface area contributed by atoms with Crippen LogP contribution in [0.2, 0.25) is 0 Å². The normalized spacial score (nSPS) is 39.2. The Morgan fingerprint density at radius 1 is 0.950 bits per heavy atom. The van der Waals surface area contributed by atoms with E-state index in [9.17, 15) is 39.9 Å². The number of hydrogen-bond donors (Lipinski definition) is 6. The smallest absolute Gasteiger partial charge is 0.414 e. The molecule has 80 heavy (non-hydrogen) atoms. The first-order valence-corrected chi connectivity index (χ1v) is 28.2. The maximum Gasteiger partial charge on any atom is 0.414 e. The summed E-state index contributed by atoms with van der Waals surface area (Å²) in [5, 5.41) is 70.5. The van der Waals surface area contributed by atoms with Gasteiger partial charge in [0.1, 0.15) is 41.9 Å². The highest BCUT2D eigenvalue weighted by Gasteiger charge is 2.53. The van der Waals surface area contributed by atoms with E-state index < -0.39 is 132 Å². The molecule has 1 unspecified atom stereocenters. The van der Waals surface area contributed by atoms with Crippen LogP contribution in [0.25, 0.3) is 0 Å². The number of methoxy groups -OCH3 is 1. The van der Waals surface area contributed by atoms with Crippen LogP contribution < -0.4 is 15.1 Å². The fraction of sp³-hybridized carbons (Fsp3) is 0.800. The van der Waals surface area contributed by atoms with Crippen molar-refractivity contribution in [3.63, 3.8) is 0 Å². The summed E-state index contributed by atoms with van der Waals surface area (Å²) in [7, 11) is 3.26. The molecule has 2 aromatic rings. The van der Waals surface area contributed by atoms with Crippen molar-refractivity contribution in [1.29, 1.82) is 0 Å². The van der Waals surface area contributed by atoms with Crippen LogP contribution in [0.15, 0.2) is 24.4 Å². The van der Waals surface area contributed by atoms with Crippen molar-refractivity contribution in [3.05, 3.63) is 35.9 Å². The number of aliphatic hydroxyl groups is 5. The summed E-state index contributed by atoms with van der Waals surface area (Å²) in [5.74, 6) is -3.56. The van der Waals surface area contributed by atoms with Crippen LogP contribution in [0.3, 0.4) is 0 Å². The number of carbonyl (C=O) groups excluding carboxylic acids is 3. The van der Waals surface area contributed by atoms with Gasteiger partial charge >= 0.3 is 18.2 Å². The molecular weight excluding hydrogens is 1050 g/mol. The van der Waals surface area contributed by atoms with E-state index >= 15 is 4.39 Å². The second-order valence-electron chi connectivity index (χ2n) is 23.6. The van der Waals surface area contributed by atoms with E-state index in [1.54, 1.807) is 80.8 Å². The number of amides is 2. The molecule has 6 N–H and O–H groups in total. The van der Waals surface area contributed by atoms with Crippen LogP contribution in [0, 0.1) is 23.6 Å². The van der Waals surface area contributed by atoms with E-state index in [2.05, 4.69) is 15.6 Å². The maximum atomic E-state index is 15.2. The Morgan fingerprint density at radius 3 is 2.34 bits per heavy atom. The summed E-state index contributed by atoms with van der Waals surface area (Å²) >= 11 is 0. The molecular formula is C55H88FN7O17. The molecule has 1 aromatic carbocycles. The zero-order valence-corrected chi connectivity index (χ0v) is 48.4. The number of halogens is 1. The van der Waals surface area contributed by atoms with E-state index in [1.165, 1.54) is 29.7 Å². The van der Waals surface area contributed by atoms with Crippen LogP contribution in [0.5, 0.6) is 0 Å². The van der Waals surface area contributed by atoms with Gasteiger partial charge in [-0.1, -0.05) is 26.0 Å². The molecule has 5 fully saturated rings. The van der Waals surface area contributed by atoms with E-state index in [1.807, 2.05) is 16.7 Å². The molecule has 0 bridgehead atoms. The molecule has 1 aromatic heterocycles. The minimum absolute atomic E-state index is 0.0448. The van der Waals surface area contributed by atoms with Gasteiger partial charge in [-0.3, -0.25) is 9.69 Å². The number of cyclic esters (lactones) is 2. The highest BCUT2D eigenvalue weighted by molar-refractivity contribution is 5.90. The minimum Gasteiger partial charge on any atom is -0.459 e. The molecule has 25 heteroatoms. The molecule has 5 aliphatic rings. The van der Waals surface area contributed by atoms with Gasteiger partial charge in [0.2, 0.25) is 0 Å². The number of morpholine rings is 1. The number of nitrogens with one attached hydrogen (secondary N) is 1. The summed E-state index contributed by atoms with van der Waals surface area (Å²) < 4.78 is 71.0. The fourth-order valence-electron chi connectivity index (χ4n) is 12.1. The molecule has 452 valence electrons. The molecule has 0 saturated carbocycles. The second kappa shape index (κ2) is 26.5. The van der Waals surface area contributed by atoms with E-state index in [0.717, 1.165) is 0 Å². The van der Waals surface area contributed by atoms with E-state index in [0.29, 0.717) is 49.9 Å². The molecule has 7 rings (SSSR count). The monoisotopic (exact) mass is 1140 g/mol. The molecule has 0 spiro atoms. The Labute approximate surface area is 468 Å². The fourth-order valence-corrected chi connectivity index (χ4v) is 12.1. The van der Waals surface area contributed by atoms with E-state index in [4.69, 9.17) is 42.6 Å².